The molecule has 0 spiro atoms. The Morgan fingerprint density at radius 1 is 0.943 bits per heavy atom. The molecule has 5 rings (SSSR count). The van der Waals surface area contributed by atoms with E-state index in [9.17, 15) is 18.0 Å². The van der Waals surface area contributed by atoms with E-state index in [2.05, 4.69) is 21.4 Å². The van der Waals surface area contributed by atoms with Crippen LogP contribution in [0.25, 0.3) is 21.8 Å². The van der Waals surface area contributed by atoms with Gasteiger partial charge in [-0.25, -0.2) is 0 Å². The van der Waals surface area contributed by atoms with E-state index in [0.29, 0.717) is 25.9 Å². The summed E-state index contributed by atoms with van der Waals surface area (Å²) in [6.45, 7) is 1.17. The van der Waals surface area contributed by atoms with Gasteiger partial charge in [-0.05, 0) is 48.9 Å². The van der Waals surface area contributed by atoms with E-state index in [1.54, 1.807) is 0 Å². The van der Waals surface area contributed by atoms with Gasteiger partial charge >= 0.3 is 6.18 Å². The van der Waals surface area contributed by atoms with Crippen molar-refractivity contribution in [2.45, 2.75) is 38.0 Å². The summed E-state index contributed by atoms with van der Waals surface area (Å²) in [5.41, 5.74) is 4.22. The van der Waals surface area contributed by atoms with E-state index >= 15 is 0 Å². The van der Waals surface area contributed by atoms with E-state index < -0.39 is 12.0 Å². The van der Waals surface area contributed by atoms with E-state index in [0.717, 1.165) is 28.4 Å². The van der Waals surface area contributed by atoms with E-state index in [4.69, 9.17) is 0 Å². The number of carbonyl (C=O) groups excluding carboxylic acids is 1. The Kier molecular flexibility index (Phi) is 6.38. The SMILES string of the molecule is O=C(C1=CN(CCc2c[nH]c3ccccc23)C(NCCc2c[nH]c3ccccc23)CC1)C(F)(F)F. The van der Waals surface area contributed by atoms with Gasteiger partial charge in [0.25, 0.3) is 5.78 Å². The Balaban J connectivity index is 1.30. The van der Waals surface area contributed by atoms with Crippen LogP contribution in [-0.4, -0.2) is 46.1 Å². The zero-order valence-corrected chi connectivity index (χ0v) is 19.2. The lowest BCUT2D eigenvalue weighted by Gasteiger charge is -2.36. The zero-order chi connectivity index (χ0) is 24.4. The molecule has 5 nitrogen and oxygen atoms in total. The van der Waals surface area contributed by atoms with Crippen LogP contribution in [0.3, 0.4) is 0 Å². The van der Waals surface area contributed by atoms with E-state index in [-0.39, 0.29) is 18.2 Å². The van der Waals surface area contributed by atoms with Gasteiger partial charge in [-0.15, -0.1) is 0 Å². The highest BCUT2D eigenvalue weighted by molar-refractivity contribution is 5.99. The number of allylic oxidation sites excluding steroid dienone is 1. The molecule has 0 radical (unpaired) electrons. The van der Waals surface area contributed by atoms with Crippen molar-refractivity contribution in [3.63, 3.8) is 0 Å². The lowest BCUT2D eigenvalue weighted by atomic mass is 9.99. The van der Waals surface area contributed by atoms with Crippen LogP contribution in [0.15, 0.2) is 72.7 Å². The fourth-order valence-corrected chi connectivity index (χ4v) is 4.91. The minimum atomic E-state index is -4.86. The number of nitrogens with one attached hydrogen (secondary N) is 3. The fraction of sp³-hybridized carbons (Fsp3) is 0.296. The van der Waals surface area contributed by atoms with Crippen LogP contribution in [0.2, 0.25) is 0 Å². The van der Waals surface area contributed by atoms with Crippen LogP contribution in [-0.2, 0) is 17.6 Å². The molecular formula is C27H27F3N4O. The summed E-state index contributed by atoms with van der Waals surface area (Å²) in [5, 5.41) is 5.78. The molecular weight excluding hydrogens is 453 g/mol. The van der Waals surface area contributed by atoms with Crippen LogP contribution in [0.4, 0.5) is 13.2 Å². The van der Waals surface area contributed by atoms with Gasteiger partial charge in [0.15, 0.2) is 0 Å². The molecule has 1 aliphatic rings. The summed E-state index contributed by atoms with van der Waals surface area (Å²) in [6.07, 6.45) is 2.34. The first kappa shape index (κ1) is 23.2. The normalized spacial score (nSPS) is 16.7. The molecule has 2 aromatic carbocycles. The van der Waals surface area contributed by atoms with Crippen LogP contribution >= 0.6 is 0 Å². The van der Waals surface area contributed by atoms with Crippen molar-refractivity contribution in [1.82, 2.24) is 20.2 Å². The second-order valence-corrected chi connectivity index (χ2v) is 8.95. The molecule has 3 N–H and O–H groups in total. The topological polar surface area (TPSA) is 63.9 Å². The molecule has 1 aliphatic heterocycles. The predicted molar refractivity (Wildman–Crippen MR) is 131 cm³/mol. The highest BCUT2D eigenvalue weighted by Crippen LogP contribution is 2.28. The van der Waals surface area contributed by atoms with Gasteiger partial charge < -0.3 is 14.9 Å². The Labute approximate surface area is 201 Å². The highest BCUT2D eigenvalue weighted by atomic mass is 19.4. The molecule has 8 heteroatoms. The largest absolute Gasteiger partial charge is 0.454 e. The van der Waals surface area contributed by atoms with Crippen molar-refractivity contribution < 1.29 is 18.0 Å². The molecule has 1 unspecified atom stereocenters. The third-order valence-corrected chi connectivity index (χ3v) is 6.72. The second kappa shape index (κ2) is 9.62. The first-order valence-electron chi connectivity index (χ1n) is 11.8. The number of H-pyrrole nitrogens is 2. The fourth-order valence-electron chi connectivity index (χ4n) is 4.91. The third-order valence-electron chi connectivity index (χ3n) is 6.72. The van der Waals surface area contributed by atoms with E-state index in [1.807, 2.05) is 59.8 Å². The molecule has 0 fully saturated rings. The molecule has 0 amide bonds. The number of halogens is 3. The number of aromatic nitrogens is 2. The van der Waals surface area contributed by atoms with Gasteiger partial charge in [0.05, 0.1) is 6.17 Å². The number of benzene rings is 2. The number of aromatic amines is 2. The first-order valence-corrected chi connectivity index (χ1v) is 11.8. The molecule has 0 saturated carbocycles. The average Bonchev–Trinajstić information content (AvgIpc) is 3.46. The second-order valence-electron chi connectivity index (χ2n) is 8.95. The molecule has 0 bridgehead atoms. The van der Waals surface area contributed by atoms with Crippen molar-refractivity contribution >= 4 is 27.6 Å². The Hall–Kier alpha value is -3.52. The monoisotopic (exact) mass is 480 g/mol. The Morgan fingerprint density at radius 2 is 1.54 bits per heavy atom. The number of alkyl halides is 3. The van der Waals surface area contributed by atoms with Gasteiger partial charge in [-0.1, -0.05) is 36.4 Å². The van der Waals surface area contributed by atoms with Crippen molar-refractivity contribution in [3.8, 4) is 0 Å². The first-order chi connectivity index (χ1) is 16.9. The molecule has 35 heavy (non-hydrogen) atoms. The number of hydrogen-bond acceptors (Lipinski definition) is 3. The zero-order valence-electron chi connectivity index (χ0n) is 19.2. The minimum Gasteiger partial charge on any atom is -0.361 e. The number of carbonyl (C=O) groups is 1. The van der Waals surface area contributed by atoms with Crippen molar-refractivity contribution in [2.75, 3.05) is 13.1 Å². The Bertz CT molecular complexity index is 1370. The van der Waals surface area contributed by atoms with Crippen molar-refractivity contribution in [2.24, 2.45) is 0 Å². The quantitative estimate of drug-likeness (QED) is 0.314. The number of hydrogen-bond donors (Lipinski definition) is 3. The van der Waals surface area contributed by atoms with E-state index in [1.165, 1.54) is 17.1 Å². The predicted octanol–water partition coefficient (Wildman–Crippen LogP) is 5.46. The summed E-state index contributed by atoms with van der Waals surface area (Å²) in [7, 11) is 0. The van der Waals surface area contributed by atoms with Crippen molar-refractivity contribution in [1.29, 1.82) is 0 Å². The van der Waals surface area contributed by atoms with Crippen LogP contribution in [0.5, 0.6) is 0 Å². The number of ketones is 1. The van der Waals surface area contributed by atoms with Crippen LogP contribution in [0, 0.1) is 0 Å². The number of para-hydroxylation sites is 2. The number of fused-ring (bicyclic) bond motifs is 2. The third kappa shape index (κ3) is 4.98. The summed E-state index contributed by atoms with van der Waals surface area (Å²) < 4.78 is 39.3. The highest BCUT2D eigenvalue weighted by Gasteiger charge is 2.41. The molecule has 0 saturated heterocycles. The maximum atomic E-state index is 13.1. The summed E-state index contributed by atoms with van der Waals surface area (Å²) in [5.74, 6) is -1.74. The summed E-state index contributed by atoms with van der Waals surface area (Å²) >= 11 is 0. The van der Waals surface area contributed by atoms with Crippen LogP contribution < -0.4 is 5.32 Å². The maximum Gasteiger partial charge on any atom is 0.454 e. The maximum absolute atomic E-state index is 13.1. The van der Waals surface area contributed by atoms with Gasteiger partial charge in [0, 0.05) is 59.1 Å². The Morgan fingerprint density at radius 3 is 2.17 bits per heavy atom. The van der Waals surface area contributed by atoms with Gasteiger partial charge in [0.1, 0.15) is 0 Å². The lowest BCUT2D eigenvalue weighted by molar-refractivity contribution is -0.167. The average molecular weight is 481 g/mol. The molecule has 3 heterocycles. The smallest absolute Gasteiger partial charge is 0.361 e. The summed E-state index contributed by atoms with van der Waals surface area (Å²) in [4.78, 5) is 20.3. The molecule has 1 atom stereocenters. The minimum absolute atomic E-state index is 0.104. The molecule has 4 aromatic rings. The lowest BCUT2D eigenvalue weighted by Crippen LogP contribution is -2.47. The van der Waals surface area contributed by atoms with Crippen molar-refractivity contribution in [3.05, 3.63) is 83.8 Å². The van der Waals surface area contributed by atoms with Gasteiger partial charge in [-0.3, -0.25) is 10.1 Å². The van der Waals surface area contributed by atoms with Gasteiger partial charge in [0.2, 0.25) is 0 Å². The number of rotatable bonds is 8. The number of Topliss-reactive ketones (excluding diaryl/α,β-unsaturated/α-hetero) is 1. The summed E-state index contributed by atoms with van der Waals surface area (Å²) in [6, 6.07) is 16.0. The standard InChI is InChI=1S/C27H27F3N4O/c28-27(29,30)26(35)20-9-10-25(31-13-11-18-15-32-23-7-3-1-5-21(18)23)34(17-20)14-12-19-16-33-24-8-4-2-6-22(19)24/h1-8,15-17,25,31-33H,9-14H2. The molecule has 2 aromatic heterocycles. The number of nitrogens with zero attached hydrogens (tertiary/aromatic N) is 1. The van der Waals surface area contributed by atoms with Crippen LogP contribution in [0.1, 0.15) is 24.0 Å². The molecule has 0 aliphatic carbocycles. The van der Waals surface area contributed by atoms with Gasteiger partial charge in [-0.2, -0.15) is 13.2 Å². The molecule has 182 valence electrons.